The predicted molar refractivity (Wildman–Crippen MR) is 64.4 cm³/mol. The monoisotopic (exact) mass is 215 g/mol. The topological polar surface area (TPSA) is 49.3 Å². The highest BCUT2D eigenvalue weighted by molar-refractivity contribution is 5.95. The Balaban J connectivity index is 2.37. The van der Waals surface area contributed by atoms with Crippen LogP contribution in [0.5, 0.6) is 0 Å². The second-order valence-electron chi connectivity index (χ2n) is 3.77. The summed E-state index contributed by atoms with van der Waals surface area (Å²) in [5.74, 6) is -0.397. The molecular formula is C13H13NO2. The first kappa shape index (κ1) is 10.6. The van der Waals surface area contributed by atoms with Gasteiger partial charge in [0.05, 0.1) is 0 Å². The van der Waals surface area contributed by atoms with Gasteiger partial charge in [-0.05, 0) is 29.8 Å². The van der Waals surface area contributed by atoms with Gasteiger partial charge >= 0.3 is 0 Å². The van der Waals surface area contributed by atoms with E-state index in [0.717, 1.165) is 10.8 Å². The minimum absolute atomic E-state index is 0.397. The number of carbonyl (C=O) groups is 1. The van der Waals surface area contributed by atoms with Gasteiger partial charge in [0.25, 0.3) is 0 Å². The van der Waals surface area contributed by atoms with Crippen molar-refractivity contribution in [3.63, 3.8) is 0 Å². The van der Waals surface area contributed by atoms with E-state index in [0.29, 0.717) is 5.69 Å². The summed E-state index contributed by atoms with van der Waals surface area (Å²) < 4.78 is 0. The van der Waals surface area contributed by atoms with Crippen LogP contribution in [0.3, 0.4) is 0 Å². The van der Waals surface area contributed by atoms with Crippen LogP contribution >= 0.6 is 0 Å². The second kappa shape index (κ2) is 4.33. The van der Waals surface area contributed by atoms with Gasteiger partial charge in [-0.3, -0.25) is 4.79 Å². The smallest absolute Gasteiger partial charge is 0.250 e. The summed E-state index contributed by atoms with van der Waals surface area (Å²) in [5, 5.41) is 13.5. The summed E-state index contributed by atoms with van der Waals surface area (Å²) in [6.45, 7) is 1.55. The first-order chi connectivity index (χ1) is 7.69. The molecule has 1 amide bonds. The molecule has 16 heavy (non-hydrogen) atoms. The first-order valence-corrected chi connectivity index (χ1v) is 5.10. The Morgan fingerprint density at radius 1 is 1.19 bits per heavy atom. The van der Waals surface area contributed by atoms with E-state index in [4.69, 9.17) is 5.11 Å². The lowest BCUT2D eigenvalue weighted by Crippen LogP contribution is -2.15. The fourth-order valence-electron chi connectivity index (χ4n) is 1.64. The maximum atomic E-state index is 11.0. The Bertz CT molecular complexity index is 534. The predicted octanol–water partition coefficient (Wildman–Crippen LogP) is 2.08. The zero-order valence-corrected chi connectivity index (χ0v) is 9.03. The number of aryl methyl sites for hydroxylation is 1. The number of amides is 1. The van der Waals surface area contributed by atoms with Gasteiger partial charge in [-0.2, -0.15) is 0 Å². The van der Waals surface area contributed by atoms with E-state index in [1.165, 1.54) is 5.56 Å². The van der Waals surface area contributed by atoms with Gasteiger partial charge < -0.3 is 10.4 Å². The molecule has 0 aromatic heterocycles. The molecule has 2 N–H and O–H groups in total. The molecule has 0 heterocycles. The summed E-state index contributed by atoms with van der Waals surface area (Å²) >= 11 is 0. The van der Waals surface area contributed by atoms with Crippen LogP contribution in [0.1, 0.15) is 5.56 Å². The molecule has 0 radical (unpaired) electrons. The summed E-state index contributed by atoms with van der Waals surface area (Å²) in [5.41, 5.74) is 1.91. The molecule has 0 aliphatic rings. The third kappa shape index (κ3) is 2.20. The number of carbonyl (C=O) groups excluding carboxylic acids is 1. The van der Waals surface area contributed by atoms with Crippen molar-refractivity contribution in [1.82, 2.24) is 0 Å². The van der Waals surface area contributed by atoms with Crippen molar-refractivity contribution in [1.29, 1.82) is 0 Å². The summed E-state index contributed by atoms with van der Waals surface area (Å²) in [6.07, 6.45) is 0. The number of nitrogens with one attached hydrogen (secondary N) is 1. The number of anilines is 1. The standard InChI is InChI=1S/C13H13NO2/c1-9-2-3-11-7-12(14-13(16)8-15)5-4-10(11)6-9/h2-7,15H,8H2,1H3,(H,14,16). The van der Waals surface area contributed by atoms with E-state index in [1.807, 2.05) is 37.3 Å². The van der Waals surface area contributed by atoms with Crippen LogP contribution < -0.4 is 5.32 Å². The molecule has 0 aliphatic heterocycles. The third-order valence-electron chi connectivity index (χ3n) is 2.42. The Hall–Kier alpha value is -1.87. The van der Waals surface area contributed by atoms with E-state index in [1.54, 1.807) is 0 Å². The molecule has 82 valence electrons. The Morgan fingerprint density at radius 3 is 2.62 bits per heavy atom. The van der Waals surface area contributed by atoms with Crippen molar-refractivity contribution in [2.45, 2.75) is 6.92 Å². The van der Waals surface area contributed by atoms with Crippen molar-refractivity contribution in [3.8, 4) is 0 Å². The number of fused-ring (bicyclic) bond motifs is 1. The molecule has 0 saturated heterocycles. The second-order valence-corrected chi connectivity index (χ2v) is 3.77. The van der Waals surface area contributed by atoms with Crippen LogP contribution in [0.2, 0.25) is 0 Å². The van der Waals surface area contributed by atoms with Crippen molar-refractivity contribution < 1.29 is 9.90 Å². The highest BCUT2D eigenvalue weighted by atomic mass is 16.3. The zero-order chi connectivity index (χ0) is 11.5. The first-order valence-electron chi connectivity index (χ1n) is 5.10. The van der Waals surface area contributed by atoms with E-state index >= 15 is 0 Å². The van der Waals surface area contributed by atoms with Gasteiger partial charge in [-0.25, -0.2) is 0 Å². The van der Waals surface area contributed by atoms with Gasteiger partial charge in [0, 0.05) is 5.69 Å². The molecule has 2 rings (SSSR count). The Morgan fingerprint density at radius 2 is 1.88 bits per heavy atom. The third-order valence-corrected chi connectivity index (χ3v) is 2.42. The molecule has 2 aromatic rings. The van der Waals surface area contributed by atoms with Crippen LogP contribution in [-0.4, -0.2) is 17.6 Å². The number of aliphatic hydroxyl groups is 1. The molecule has 0 bridgehead atoms. The minimum atomic E-state index is -0.494. The van der Waals surface area contributed by atoms with Crippen molar-refractivity contribution in [3.05, 3.63) is 42.0 Å². The van der Waals surface area contributed by atoms with E-state index < -0.39 is 12.5 Å². The number of hydrogen-bond acceptors (Lipinski definition) is 2. The molecule has 0 atom stereocenters. The fourth-order valence-corrected chi connectivity index (χ4v) is 1.64. The van der Waals surface area contributed by atoms with E-state index in [-0.39, 0.29) is 0 Å². The van der Waals surface area contributed by atoms with Crippen LogP contribution in [0, 0.1) is 6.92 Å². The largest absolute Gasteiger partial charge is 0.387 e. The highest BCUT2D eigenvalue weighted by Gasteiger charge is 2.01. The summed E-state index contributed by atoms with van der Waals surface area (Å²) in [4.78, 5) is 11.0. The lowest BCUT2D eigenvalue weighted by molar-refractivity contribution is -0.118. The number of hydrogen-bond donors (Lipinski definition) is 2. The molecule has 3 heteroatoms. The number of benzene rings is 2. The molecule has 0 spiro atoms. The van der Waals surface area contributed by atoms with Gasteiger partial charge in [-0.1, -0.05) is 29.8 Å². The number of aliphatic hydroxyl groups excluding tert-OH is 1. The minimum Gasteiger partial charge on any atom is -0.387 e. The van der Waals surface area contributed by atoms with E-state index in [9.17, 15) is 4.79 Å². The Labute approximate surface area is 93.7 Å². The fraction of sp³-hybridized carbons (Fsp3) is 0.154. The molecule has 0 unspecified atom stereocenters. The zero-order valence-electron chi connectivity index (χ0n) is 9.03. The maximum absolute atomic E-state index is 11.0. The summed E-state index contributed by atoms with van der Waals surface area (Å²) in [6, 6.07) is 11.8. The quantitative estimate of drug-likeness (QED) is 0.805. The summed E-state index contributed by atoms with van der Waals surface area (Å²) in [7, 11) is 0. The normalized spacial score (nSPS) is 10.4. The molecule has 3 nitrogen and oxygen atoms in total. The van der Waals surface area contributed by atoms with Crippen LogP contribution in [-0.2, 0) is 4.79 Å². The average Bonchev–Trinajstić information content (AvgIpc) is 2.29. The lowest BCUT2D eigenvalue weighted by atomic mass is 10.1. The van der Waals surface area contributed by atoms with Gasteiger partial charge in [-0.15, -0.1) is 0 Å². The molecular weight excluding hydrogens is 202 g/mol. The Kier molecular flexibility index (Phi) is 2.88. The maximum Gasteiger partial charge on any atom is 0.250 e. The van der Waals surface area contributed by atoms with Crippen LogP contribution in [0.25, 0.3) is 10.8 Å². The molecule has 2 aromatic carbocycles. The van der Waals surface area contributed by atoms with Crippen molar-refractivity contribution in [2.75, 3.05) is 11.9 Å². The molecule has 0 fully saturated rings. The lowest BCUT2D eigenvalue weighted by Gasteiger charge is -2.05. The van der Waals surface area contributed by atoms with Crippen molar-refractivity contribution >= 4 is 22.4 Å². The van der Waals surface area contributed by atoms with Gasteiger partial charge in [0.1, 0.15) is 6.61 Å². The molecule has 0 saturated carbocycles. The SMILES string of the molecule is Cc1ccc2cc(NC(=O)CO)ccc2c1. The van der Waals surface area contributed by atoms with Crippen LogP contribution in [0.15, 0.2) is 36.4 Å². The van der Waals surface area contributed by atoms with Crippen molar-refractivity contribution in [2.24, 2.45) is 0 Å². The van der Waals surface area contributed by atoms with Crippen LogP contribution in [0.4, 0.5) is 5.69 Å². The van der Waals surface area contributed by atoms with Gasteiger partial charge in [0.2, 0.25) is 5.91 Å². The number of rotatable bonds is 2. The van der Waals surface area contributed by atoms with E-state index in [2.05, 4.69) is 11.4 Å². The average molecular weight is 215 g/mol. The van der Waals surface area contributed by atoms with Gasteiger partial charge in [0.15, 0.2) is 0 Å². The molecule has 0 aliphatic carbocycles. The highest BCUT2D eigenvalue weighted by Crippen LogP contribution is 2.20.